The minimum atomic E-state index is 0.0735. The minimum absolute atomic E-state index is 0.0735. The number of nitrogens with zero attached hydrogens (tertiary/aromatic N) is 4. The number of amides is 2. The predicted molar refractivity (Wildman–Crippen MR) is 109 cm³/mol. The third-order valence-corrected chi connectivity index (χ3v) is 6.08. The van der Waals surface area contributed by atoms with E-state index in [1.807, 2.05) is 22.1 Å². The number of likely N-dealkylation sites (tertiary alicyclic amines) is 1. The van der Waals surface area contributed by atoms with Gasteiger partial charge in [-0.15, -0.1) is 0 Å². The van der Waals surface area contributed by atoms with Gasteiger partial charge in [0.25, 0.3) is 0 Å². The van der Waals surface area contributed by atoms with Crippen LogP contribution in [0, 0.1) is 5.92 Å². The number of hydrogen-bond acceptors (Lipinski definition) is 4. The van der Waals surface area contributed by atoms with E-state index >= 15 is 0 Å². The zero-order valence-electron chi connectivity index (χ0n) is 16.5. The fourth-order valence-electron chi connectivity index (χ4n) is 4.36. The molecule has 2 amide bonds. The normalized spacial score (nSPS) is 19.2. The molecule has 0 N–H and O–H groups in total. The summed E-state index contributed by atoms with van der Waals surface area (Å²) in [7, 11) is 0. The Labute approximate surface area is 166 Å². The van der Waals surface area contributed by atoms with E-state index in [9.17, 15) is 9.59 Å². The van der Waals surface area contributed by atoms with E-state index in [0.29, 0.717) is 13.1 Å². The number of piperidine rings is 1. The van der Waals surface area contributed by atoms with E-state index < -0.39 is 0 Å². The van der Waals surface area contributed by atoms with Crippen LogP contribution in [0.15, 0.2) is 36.5 Å². The average Bonchev–Trinajstić information content (AvgIpc) is 2.74. The van der Waals surface area contributed by atoms with Crippen molar-refractivity contribution in [3.8, 4) is 0 Å². The first-order chi connectivity index (χ1) is 13.6. The van der Waals surface area contributed by atoms with Crippen LogP contribution in [0.1, 0.15) is 25.3 Å². The molecule has 4 rings (SSSR count). The van der Waals surface area contributed by atoms with Crippen molar-refractivity contribution in [3.63, 3.8) is 0 Å². The molecular weight excluding hydrogens is 352 g/mol. The number of carbonyl (C=O) groups is 2. The first-order valence-electron chi connectivity index (χ1n) is 10.2. The molecule has 0 unspecified atom stereocenters. The highest BCUT2D eigenvalue weighted by molar-refractivity contribution is 5.81. The molecule has 2 aliphatic heterocycles. The number of piperazine rings is 1. The van der Waals surface area contributed by atoms with Crippen LogP contribution < -0.4 is 0 Å². The van der Waals surface area contributed by atoms with Gasteiger partial charge in [-0.1, -0.05) is 24.3 Å². The summed E-state index contributed by atoms with van der Waals surface area (Å²) in [5.74, 6) is 0.460. The van der Waals surface area contributed by atoms with Gasteiger partial charge in [-0.25, -0.2) is 0 Å². The van der Waals surface area contributed by atoms with Gasteiger partial charge < -0.3 is 9.80 Å². The molecule has 2 aromatic rings. The molecule has 6 nitrogen and oxygen atoms in total. The SMILES string of the molecule is CC(=O)N1CCC(C(=O)N2CCN(Cc3cccc4cccnc34)CC2)CC1. The van der Waals surface area contributed by atoms with Gasteiger partial charge in [-0.2, -0.15) is 0 Å². The van der Waals surface area contributed by atoms with Crippen LogP contribution in [-0.2, 0) is 16.1 Å². The van der Waals surface area contributed by atoms with Crippen LogP contribution >= 0.6 is 0 Å². The molecule has 1 aromatic heterocycles. The van der Waals surface area contributed by atoms with Crippen molar-refractivity contribution in [2.75, 3.05) is 39.3 Å². The number of benzene rings is 1. The van der Waals surface area contributed by atoms with E-state index in [2.05, 4.69) is 34.1 Å². The molecule has 3 heterocycles. The largest absolute Gasteiger partial charge is 0.343 e. The maximum Gasteiger partial charge on any atom is 0.225 e. The minimum Gasteiger partial charge on any atom is -0.343 e. The Morgan fingerprint density at radius 3 is 2.39 bits per heavy atom. The second-order valence-corrected chi connectivity index (χ2v) is 7.87. The molecule has 0 bridgehead atoms. The smallest absolute Gasteiger partial charge is 0.225 e. The third kappa shape index (κ3) is 4.02. The van der Waals surface area contributed by atoms with Gasteiger partial charge in [0.1, 0.15) is 0 Å². The maximum absolute atomic E-state index is 12.9. The standard InChI is InChI=1S/C22H28N4O2/c1-17(27)25-10-7-19(8-11-25)22(28)26-14-12-24(13-15-26)16-20-5-2-4-18-6-3-9-23-21(18)20/h2-6,9,19H,7-8,10-16H2,1H3. The summed E-state index contributed by atoms with van der Waals surface area (Å²) in [4.78, 5) is 35.2. The molecule has 2 fully saturated rings. The molecule has 0 spiro atoms. The van der Waals surface area contributed by atoms with Crippen molar-refractivity contribution in [3.05, 3.63) is 42.1 Å². The fraction of sp³-hybridized carbons (Fsp3) is 0.500. The van der Waals surface area contributed by atoms with Gasteiger partial charge in [0.05, 0.1) is 5.52 Å². The number of fused-ring (bicyclic) bond motifs is 1. The van der Waals surface area contributed by atoms with E-state index in [1.54, 1.807) is 6.92 Å². The lowest BCUT2D eigenvalue weighted by molar-refractivity contribution is -0.141. The first kappa shape index (κ1) is 18.9. The van der Waals surface area contributed by atoms with Gasteiger partial charge in [-0.3, -0.25) is 19.5 Å². The van der Waals surface area contributed by atoms with Crippen molar-refractivity contribution < 1.29 is 9.59 Å². The average molecular weight is 380 g/mol. The van der Waals surface area contributed by atoms with Crippen LogP contribution in [0.3, 0.4) is 0 Å². The van der Waals surface area contributed by atoms with Crippen molar-refractivity contribution >= 4 is 22.7 Å². The molecule has 0 saturated carbocycles. The van der Waals surface area contributed by atoms with E-state index in [0.717, 1.165) is 51.1 Å². The van der Waals surface area contributed by atoms with Crippen LogP contribution in [0.4, 0.5) is 0 Å². The third-order valence-electron chi connectivity index (χ3n) is 6.08. The first-order valence-corrected chi connectivity index (χ1v) is 10.2. The maximum atomic E-state index is 12.9. The Morgan fingerprint density at radius 2 is 1.68 bits per heavy atom. The highest BCUT2D eigenvalue weighted by Crippen LogP contribution is 2.22. The van der Waals surface area contributed by atoms with Crippen molar-refractivity contribution in [1.29, 1.82) is 0 Å². The Bertz CT molecular complexity index is 847. The van der Waals surface area contributed by atoms with E-state index in [-0.39, 0.29) is 17.7 Å². The van der Waals surface area contributed by atoms with Gasteiger partial charge in [-0.05, 0) is 24.5 Å². The molecule has 148 valence electrons. The van der Waals surface area contributed by atoms with Crippen LogP contribution in [0.5, 0.6) is 0 Å². The summed E-state index contributed by atoms with van der Waals surface area (Å²) in [6.07, 6.45) is 3.43. The summed E-state index contributed by atoms with van der Waals surface area (Å²) in [6.45, 7) is 7.23. The molecule has 2 saturated heterocycles. The number of rotatable bonds is 3. The van der Waals surface area contributed by atoms with Crippen LogP contribution in [0.2, 0.25) is 0 Å². The number of aromatic nitrogens is 1. The molecule has 0 radical (unpaired) electrons. The van der Waals surface area contributed by atoms with Gasteiger partial charge >= 0.3 is 0 Å². The van der Waals surface area contributed by atoms with Crippen LogP contribution in [-0.4, -0.2) is 70.8 Å². The zero-order chi connectivity index (χ0) is 19.5. The quantitative estimate of drug-likeness (QED) is 0.819. The summed E-state index contributed by atoms with van der Waals surface area (Å²) in [5, 5.41) is 1.17. The fourth-order valence-corrected chi connectivity index (χ4v) is 4.36. The van der Waals surface area contributed by atoms with Crippen molar-refractivity contribution in [2.45, 2.75) is 26.3 Å². The highest BCUT2D eigenvalue weighted by atomic mass is 16.2. The molecule has 0 aliphatic carbocycles. The zero-order valence-corrected chi connectivity index (χ0v) is 16.5. The lowest BCUT2D eigenvalue weighted by Gasteiger charge is -2.38. The summed E-state index contributed by atoms with van der Waals surface area (Å²) in [5.41, 5.74) is 2.32. The van der Waals surface area contributed by atoms with Gasteiger partial charge in [0, 0.05) is 70.2 Å². The second-order valence-electron chi connectivity index (χ2n) is 7.87. The number of hydrogen-bond donors (Lipinski definition) is 0. The summed E-state index contributed by atoms with van der Waals surface area (Å²) < 4.78 is 0. The molecule has 2 aliphatic rings. The van der Waals surface area contributed by atoms with Crippen molar-refractivity contribution in [2.24, 2.45) is 5.92 Å². The molecule has 6 heteroatoms. The summed E-state index contributed by atoms with van der Waals surface area (Å²) >= 11 is 0. The molecule has 28 heavy (non-hydrogen) atoms. The topological polar surface area (TPSA) is 56.8 Å². The second kappa shape index (κ2) is 8.27. The van der Waals surface area contributed by atoms with Crippen LogP contribution in [0.25, 0.3) is 10.9 Å². The van der Waals surface area contributed by atoms with Crippen molar-refractivity contribution in [1.82, 2.24) is 19.7 Å². The Morgan fingerprint density at radius 1 is 0.964 bits per heavy atom. The van der Waals surface area contributed by atoms with Gasteiger partial charge in [0.2, 0.25) is 11.8 Å². The monoisotopic (exact) mass is 380 g/mol. The molecule has 1 aromatic carbocycles. The molecule has 0 atom stereocenters. The van der Waals surface area contributed by atoms with E-state index in [4.69, 9.17) is 0 Å². The number of carbonyl (C=O) groups excluding carboxylic acids is 2. The molecular formula is C22H28N4O2. The number of pyridine rings is 1. The Kier molecular flexibility index (Phi) is 5.57. The summed E-state index contributed by atoms with van der Waals surface area (Å²) in [6, 6.07) is 10.4. The van der Waals surface area contributed by atoms with E-state index in [1.165, 1.54) is 10.9 Å². The Hall–Kier alpha value is -2.47. The number of para-hydroxylation sites is 1. The lowest BCUT2D eigenvalue weighted by atomic mass is 9.95. The predicted octanol–water partition coefficient (Wildman–Crippen LogP) is 2.14. The lowest BCUT2D eigenvalue weighted by Crippen LogP contribution is -2.51. The highest BCUT2D eigenvalue weighted by Gasteiger charge is 2.31. The van der Waals surface area contributed by atoms with Gasteiger partial charge in [0.15, 0.2) is 0 Å². The Balaban J connectivity index is 1.31.